The van der Waals surface area contributed by atoms with Crippen molar-refractivity contribution in [2.75, 3.05) is 11.9 Å². The van der Waals surface area contributed by atoms with Gasteiger partial charge in [0.2, 0.25) is 0 Å². The molecular weight excluding hydrogens is 298 g/mol. The summed E-state index contributed by atoms with van der Waals surface area (Å²) in [6, 6.07) is 7.18. The van der Waals surface area contributed by atoms with Crippen LogP contribution in [-0.2, 0) is 6.54 Å². The van der Waals surface area contributed by atoms with Gasteiger partial charge in [-0.05, 0) is 34.1 Å². The van der Waals surface area contributed by atoms with Gasteiger partial charge < -0.3 is 14.4 Å². The second kappa shape index (κ2) is 5.27. The number of furan rings is 1. The monoisotopic (exact) mass is 309 g/mol. The number of anilines is 1. The molecule has 0 bridgehead atoms. The first-order valence-electron chi connectivity index (χ1n) is 5.33. The number of carboxylic acids is 1. The van der Waals surface area contributed by atoms with Crippen LogP contribution in [-0.4, -0.2) is 18.1 Å². The Morgan fingerprint density at radius 3 is 2.83 bits per heavy atom. The van der Waals surface area contributed by atoms with Crippen LogP contribution in [0.4, 0.5) is 5.69 Å². The molecule has 0 unspecified atom stereocenters. The molecule has 0 aliphatic rings. The highest BCUT2D eigenvalue weighted by Gasteiger charge is 2.17. The molecule has 0 saturated heterocycles. The number of carbonyl (C=O) groups is 1. The fourth-order valence-electron chi connectivity index (χ4n) is 1.78. The highest BCUT2D eigenvalue weighted by molar-refractivity contribution is 9.10. The Morgan fingerprint density at radius 2 is 2.22 bits per heavy atom. The Hall–Kier alpha value is -1.75. The molecule has 0 radical (unpaired) electrons. The van der Waals surface area contributed by atoms with E-state index in [-0.39, 0.29) is 5.56 Å². The molecule has 1 aromatic heterocycles. The lowest BCUT2D eigenvalue weighted by Crippen LogP contribution is -2.19. The minimum absolute atomic E-state index is 0.267. The molecule has 0 amide bonds. The highest BCUT2D eigenvalue weighted by atomic mass is 79.9. The summed E-state index contributed by atoms with van der Waals surface area (Å²) in [5, 5.41) is 9.25. The van der Waals surface area contributed by atoms with E-state index in [2.05, 4.69) is 15.9 Å². The van der Waals surface area contributed by atoms with Gasteiger partial charge in [-0.25, -0.2) is 4.79 Å². The zero-order valence-corrected chi connectivity index (χ0v) is 11.3. The molecular formula is C13H12BrNO3. The van der Waals surface area contributed by atoms with Gasteiger partial charge in [0.05, 0.1) is 23.8 Å². The second-order valence-corrected chi connectivity index (χ2v) is 4.78. The largest absolute Gasteiger partial charge is 0.478 e. The van der Waals surface area contributed by atoms with E-state index in [1.54, 1.807) is 24.7 Å². The Kier molecular flexibility index (Phi) is 3.72. The summed E-state index contributed by atoms with van der Waals surface area (Å²) in [5.41, 5.74) is 1.93. The van der Waals surface area contributed by atoms with Crippen molar-refractivity contribution in [2.45, 2.75) is 6.54 Å². The van der Waals surface area contributed by atoms with Gasteiger partial charge in [0.1, 0.15) is 0 Å². The molecule has 0 aliphatic carbocycles. The van der Waals surface area contributed by atoms with Gasteiger partial charge in [-0.2, -0.15) is 0 Å². The van der Waals surface area contributed by atoms with Crippen LogP contribution in [0.1, 0.15) is 15.9 Å². The van der Waals surface area contributed by atoms with Crippen LogP contribution in [0.3, 0.4) is 0 Å². The number of hydrogen-bond acceptors (Lipinski definition) is 3. The molecule has 0 fully saturated rings. The zero-order valence-electron chi connectivity index (χ0n) is 9.76. The second-order valence-electron chi connectivity index (χ2n) is 3.93. The third kappa shape index (κ3) is 2.56. The SMILES string of the molecule is CN(Cc1ccoc1)c1cccc(Br)c1C(=O)O. The summed E-state index contributed by atoms with van der Waals surface area (Å²) in [6.45, 7) is 0.591. The number of benzene rings is 1. The third-order valence-corrected chi connectivity index (χ3v) is 3.28. The summed E-state index contributed by atoms with van der Waals surface area (Å²) in [5.74, 6) is -0.948. The number of hydrogen-bond donors (Lipinski definition) is 1. The molecule has 2 rings (SSSR count). The highest BCUT2D eigenvalue weighted by Crippen LogP contribution is 2.28. The first-order valence-corrected chi connectivity index (χ1v) is 6.13. The third-order valence-electron chi connectivity index (χ3n) is 2.62. The molecule has 0 spiro atoms. The van der Waals surface area contributed by atoms with E-state index in [1.165, 1.54) is 0 Å². The normalized spacial score (nSPS) is 10.3. The van der Waals surface area contributed by atoms with Gasteiger partial charge in [-0.1, -0.05) is 6.07 Å². The van der Waals surface area contributed by atoms with Crippen molar-refractivity contribution < 1.29 is 14.3 Å². The Morgan fingerprint density at radius 1 is 1.44 bits per heavy atom. The maximum absolute atomic E-state index is 11.3. The van der Waals surface area contributed by atoms with Crippen molar-refractivity contribution in [3.05, 3.63) is 52.4 Å². The lowest BCUT2D eigenvalue weighted by molar-refractivity contribution is 0.0696. The van der Waals surface area contributed by atoms with Crippen molar-refractivity contribution >= 4 is 27.6 Å². The number of rotatable bonds is 4. The summed E-state index contributed by atoms with van der Waals surface area (Å²) < 4.78 is 5.58. The smallest absolute Gasteiger partial charge is 0.338 e. The summed E-state index contributed by atoms with van der Waals surface area (Å²) in [4.78, 5) is 13.1. The topological polar surface area (TPSA) is 53.7 Å². The summed E-state index contributed by atoms with van der Waals surface area (Å²) in [7, 11) is 1.85. The van der Waals surface area contributed by atoms with Crippen molar-refractivity contribution in [1.82, 2.24) is 0 Å². The molecule has 94 valence electrons. The van der Waals surface area contributed by atoms with Gasteiger partial charge in [-0.15, -0.1) is 0 Å². The van der Waals surface area contributed by atoms with E-state index in [0.29, 0.717) is 16.7 Å². The maximum atomic E-state index is 11.3. The Bertz CT molecular complexity index is 551. The van der Waals surface area contributed by atoms with Crippen LogP contribution >= 0.6 is 15.9 Å². The molecule has 1 N–H and O–H groups in total. The van der Waals surface area contributed by atoms with Crippen LogP contribution in [0.15, 0.2) is 45.7 Å². The van der Waals surface area contributed by atoms with E-state index in [0.717, 1.165) is 5.56 Å². The predicted octanol–water partition coefficient (Wildman–Crippen LogP) is 3.38. The molecule has 0 atom stereocenters. The fraction of sp³-hybridized carbons (Fsp3) is 0.154. The van der Waals surface area contributed by atoms with Crippen LogP contribution in [0.25, 0.3) is 0 Å². The number of aromatic carboxylic acids is 1. The van der Waals surface area contributed by atoms with Gasteiger partial charge in [0.15, 0.2) is 0 Å². The van der Waals surface area contributed by atoms with Gasteiger partial charge in [0.25, 0.3) is 0 Å². The van der Waals surface area contributed by atoms with Crippen LogP contribution in [0.5, 0.6) is 0 Å². The molecule has 5 heteroatoms. The molecule has 0 aliphatic heterocycles. The molecule has 2 aromatic rings. The van der Waals surface area contributed by atoms with Crippen LogP contribution in [0.2, 0.25) is 0 Å². The molecule has 1 heterocycles. The van der Waals surface area contributed by atoms with Crippen molar-refractivity contribution in [2.24, 2.45) is 0 Å². The lowest BCUT2D eigenvalue weighted by atomic mass is 10.1. The first kappa shape index (κ1) is 12.7. The Labute approximate surface area is 113 Å². The minimum Gasteiger partial charge on any atom is -0.478 e. The van der Waals surface area contributed by atoms with E-state index in [4.69, 9.17) is 4.42 Å². The van der Waals surface area contributed by atoms with Crippen molar-refractivity contribution in [1.29, 1.82) is 0 Å². The average Bonchev–Trinajstić information content (AvgIpc) is 2.80. The number of carboxylic acid groups (broad SMARTS) is 1. The standard InChI is InChI=1S/C13H12BrNO3/c1-15(7-9-5-6-18-8-9)11-4-2-3-10(14)12(11)13(16)17/h2-6,8H,7H2,1H3,(H,16,17). The van der Waals surface area contributed by atoms with Gasteiger partial charge in [-0.3, -0.25) is 0 Å². The summed E-state index contributed by atoms with van der Waals surface area (Å²) in [6.07, 6.45) is 3.25. The number of halogens is 1. The molecule has 0 saturated carbocycles. The quantitative estimate of drug-likeness (QED) is 0.940. The van der Waals surface area contributed by atoms with Gasteiger partial charge >= 0.3 is 5.97 Å². The van der Waals surface area contributed by atoms with E-state index < -0.39 is 5.97 Å². The van der Waals surface area contributed by atoms with Crippen LogP contribution in [0, 0.1) is 0 Å². The molecule has 1 aromatic carbocycles. The van der Waals surface area contributed by atoms with E-state index in [9.17, 15) is 9.90 Å². The summed E-state index contributed by atoms with van der Waals surface area (Å²) >= 11 is 3.27. The first-order chi connectivity index (χ1) is 8.59. The van der Waals surface area contributed by atoms with E-state index in [1.807, 2.05) is 24.1 Å². The molecule has 18 heavy (non-hydrogen) atoms. The average molecular weight is 310 g/mol. The van der Waals surface area contributed by atoms with Gasteiger partial charge in [0, 0.05) is 23.6 Å². The maximum Gasteiger partial charge on any atom is 0.338 e. The lowest BCUT2D eigenvalue weighted by Gasteiger charge is -2.21. The Balaban J connectivity index is 2.32. The van der Waals surface area contributed by atoms with Crippen LogP contribution < -0.4 is 4.90 Å². The zero-order chi connectivity index (χ0) is 13.1. The van der Waals surface area contributed by atoms with E-state index >= 15 is 0 Å². The van der Waals surface area contributed by atoms with Crippen molar-refractivity contribution in [3.63, 3.8) is 0 Å². The predicted molar refractivity (Wildman–Crippen MR) is 71.9 cm³/mol. The van der Waals surface area contributed by atoms with Crippen molar-refractivity contribution in [3.8, 4) is 0 Å². The fourth-order valence-corrected chi connectivity index (χ4v) is 2.31. The number of nitrogens with zero attached hydrogens (tertiary/aromatic N) is 1. The minimum atomic E-state index is -0.948. The molecule has 4 nitrogen and oxygen atoms in total.